The summed E-state index contributed by atoms with van der Waals surface area (Å²) in [7, 11) is 1.62. The summed E-state index contributed by atoms with van der Waals surface area (Å²) in [5.41, 5.74) is 1.61. The van der Waals surface area contributed by atoms with Gasteiger partial charge in [-0.2, -0.15) is 0 Å². The summed E-state index contributed by atoms with van der Waals surface area (Å²) in [6, 6.07) is 7.37. The van der Waals surface area contributed by atoms with Gasteiger partial charge in [0.25, 0.3) is 5.91 Å². The molecule has 0 saturated heterocycles. The largest absolute Gasteiger partial charge is 0.497 e. The van der Waals surface area contributed by atoms with E-state index in [2.05, 4.69) is 24.1 Å². The normalized spacial score (nSPS) is 12.2. The Morgan fingerprint density at radius 2 is 2.17 bits per heavy atom. The third-order valence-electron chi connectivity index (χ3n) is 3.63. The van der Waals surface area contributed by atoms with Gasteiger partial charge in [0.1, 0.15) is 15.6 Å². The molecule has 2 rings (SSSR count). The zero-order chi connectivity index (χ0) is 17.7. The number of nitrogens with zero attached hydrogens (tertiary/aromatic N) is 1. The van der Waals surface area contributed by atoms with Crippen LogP contribution in [0.2, 0.25) is 0 Å². The van der Waals surface area contributed by atoms with Crippen molar-refractivity contribution < 1.29 is 14.6 Å². The van der Waals surface area contributed by atoms with Gasteiger partial charge in [-0.1, -0.05) is 26.0 Å². The number of hydrogen-bond donors (Lipinski definition) is 2. The first-order chi connectivity index (χ1) is 11.4. The zero-order valence-electron chi connectivity index (χ0n) is 14.5. The van der Waals surface area contributed by atoms with Crippen molar-refractivity contribution in [3.63, 3.8) is 0 Å². The minimum atomic E-state index is -0.237. The highest BCUT2D eigenvalue weighted by Crippen LogP contribution is 2.30. The molecule has 0 saturated carbocycles. The second-order valence-electron chi connectivity index (χ2n) is 6.15. The van der Waals surface area contributed by atoms with Crippen LogP contribution in [-0.2, 0) is 0 Å². The van der Waals surface area contributed by atoms with Crippen LogP contribution in [0, 0.1) is 12.8 Å². The highest BCUT2D eigenvalue weighted by molar-refractivity contribution is 7.17. The predicted octanol–water partition coefficient (Wildman–Crippen LogP) is 3.26. The molecule has 130 valence electrons. The first-order valence-corrected chi connectivity index (χ1v) is 8.79. The molecule has 0 radical (unpaired) electrons. The van der Waals surface area contributed by atoms with E-state index in [1.54, 1.807) is 7.11 Å². The molecule has 5 nitrogen and oxygen atoms in total. The van der Waals surface area contributed by atoms with Crippen molar-refractivity contribution in [1.82, 2.24) is 10.3 Å². The number of amides is 1. The van der Waals surface area contributed by atoms with Gasteiger partial charge in [-0.25, -0.2) is 4.98 Å². The molecular formula is C18H24N2O3S. The van der Waals surface area contributed by atoms with Gasteiger partial charge < -0.3 is 15.2 Å². The van der Waals surface area contributed by atoms with Crippen LogP contribution in [0.5, 0.6) is 5.75 Å². The van der Waals surface area contributed by atoms with Gasteiger partial charge >= 0.3 is 0 Å². The number of carbonyl (C=O) groups is 1. The Labute approximate surface area is 146 Å². The van der Waals surface area contributed by atoms with Gasteiger partial charge in [0.05, 0.1) is 25.5 Å². The van der Waals surface area contributed by atoms with E-state index in [0.29, 0.717) is 16.5 Å². The third-order valence-corrected chi connectivity index (χ3v) is 4.84. The van der Waals surface area contributed by atoms with E-state index in [1.165, 1.54) is 11.3 Å². The molecule has 0 aliphatic rings. The molecule has 0 aliphatic carbocycles. The molecule has 2 N–H and O–H groups in total. The molecule has 1 aromatic heterocycles. The average molecular weight is 348 g/mol. The number of ether oxygens (including phenoxy) is 1. The van der Waals surface area contributed by atoms with E-state index in [9.17, 15) is 9.90 Å². The second kappa shape index (κ2) is 8.26. The number of benzene rings is 1. The Balaban J connectivity index is 2.19. The standard InChI is InChI=1S/C18H24N2O3S/c1-11(2)8-14(10-21)20-17(22)16-12(3)19-18(24-16)13-6-5-7-15(9-13)23-4/h5-7,9,11,14,21H,8,10H2,1-4H3,(H,20,22)/t14-/m1/s1. The molecule has 1 heterocycles. The quantitative estimate of drug-likeness (QED) is 0.806. The second-order valence-corrected chi connectivity index (χ2v) is 7.15. The summed E-state index contributed by atoms with van der Waals surface area (Å²) in [6.07, 6.45) is 0.739. The van der Waals surface area contributed by atoms with Crippen molar-refractivity contribution in [2.75, 3.05) is 13.7 Å². The lowest BCUT2D eigenvalue weighted by atomic mass is 10.0. The molecule has 24 heavy (non-hydrogen) atoms. The highest BCUT2D eigenvalue weighted by Gasteiger charge is 2.20. The van der Waals surface area contributed by atoms with E-state index in [-0.39, 0.29) is 18.6 Å². The van der Waals surface area contributed by atoms with Gasteiger partial charge in [-0.15, -0.1) is 11.3 Å². The van der Waals surface area contributed by atoms with Gasteiger partial charge in [-0.3, -0.25) is 4.79 Å². The summed E-state index contributed by atoms with van der Waals surface area (Å²) < 4.78 is 5.23. The molecule has 0 fully saturated rings. The van der Waals surface area contributed by atoms with Crippen LogP contribution in [0.25, 0.3) is 10.6 Å². The van der Waals surface area contributed by atoms with E-state index in [1.807, 2.05) is 31.2 Å². The summed E-state index contributed by atoms with van der Waals surface area (Å²) >= 11 is 1.35. The number of aliphatic hydroxyl groups excluding tert-OH is 1. The number of rotatable bonds is 7. The maximum absolute atomic E-state index is 12.5. The van der Waals surface area contributed by atoms with Gasteiger partial charge in [0.2, 0.25) is 0 Å². The Morgan fingerprint density at radius 1 is 1.42 bits per heavy atom. The van der Waals surface area contributed by atoms with Crippen LogP contribution >= 0.6 is 11.3 Å². The Hall–Kier alpha value is -1.92. The van der Waals surface area contributed by atoms with Crippen molar-refractivity contribution >= 4 is 17.2 Å². The Morgan fingerprint density at radius 3 is 2.79 bits per heavy atom. The molecule has 0 spiro atoms. The van der Waals surface area contributed by atoms with Crippen LogP contribution in [0.3, 0.4) is 0 Å². The predicted molar refractivity (Wildman–Crippen MR) is 96.6 cm³/mol. The minimum Gasteiger partial charge on any atom is -0.497 e. The first kappa shape index (κ1) is 18.4. The lowest BCUT2D eigenvalue weighted by molar-refractivity contribution is 0.0911. The van der Waals surface area contributed by atoms with E-state index in [4.69, 9.17) is 4.74 Å². The van der Waals surface area contributed by atoms with Crippen LogP contribution in [-0.4, -0.2) is 35.8 Å². The van der Waals surface area contributed by atoms with Crippen LogP contribution in [0.1, 0.15) is 35.6 Å². The molecule has 0 unspecified atom stereocenters. The van der Waals surface area contributed by atoms with Gasteiger partial charge in [0, 0.05) is 5.56 Å². The first-order valence-electron chi connectivity index (χ1n) is 7.98. The molecule has 1 aromatic carbocycles. The van der Waals surface area contributed by atoms with Crippen molar-refractivity contribution in [3.05, 3.63) is 34.8 Å². The van der Waals surface area contributed by atoms with Crippen molar-refractivity contribution in [2.24, 2.45) is 5.92 Å². The number of carbonyl (C=O) groups excluding carboxylic acids is 1. The topological polar surface area (TPSA) is 71.5 Å². The lowest BCUT2D eigenvalue weighted by Crippen LogP contribution is -2.38. The fourth-order valence-corrected chi connectivity index (χ4v) is 3.45. The van der Waals surface area contributed by atoms with Crippen molar-refractivity contribution in [2.45, 2.75) is 33.2 Å². The van der Waals surface area contributed by atoms with Crippen LogP contribution in [0.4, 0.5) is 0 Å². The number of nitrogens with one attached hydrogen (secondary N) is 1. The fourth-order valence-electron chi connectivity index (χ4n) is 2.49. The van der Waals surface area contributed by atoms with Gasteiger partial charge in [0.15, 0.2) is 0 Å². The number of aryl methyl sites for hydroxylation is 1. The Kier molecular flexibility index (Phi) is 6.34. The summed E-state index contributed by atoms with van der Waals surface area (Å²) in [4.78, 5) is 17.6. The maximum atomic E-state index is 12.5. The average Bonchev–Trinajstić information content (AvgIpc) is 2.95. The number of methoxy groups -OCH3 is 1. The molecular weight excluding hydrogens is 324 g/mol. The van der Waals surface area contributed by atoms with Crippen LogP contribution in [0.15, 0.2) is 24.3 Å². The number of hydrogen-bond acceptors (Lipinski definition) is 5. The number of aliphatic hydroxyl groups is 1. The summed E-state index contributed by atoms with van der Waals surface area (Å²) in [5, 5.41) is 13.1. The number of thiazole rings is 1. The van der Waals surface area contributed by atoms with Crippen LogP contribution < -0.4 is 10.1 Å². The van der Waals surface area contributed by atoms with E-state index >= 15 is 0 Å². The minimum absolute atomic E-state index is 0.0650. The molecule has 1 atom stereocenters. The smallest absolute Gasteiger partial charge is 0.263 e. The van der Waals surface area contributed by atoms with Gasteiger partial charge in [-0.05, 0) is 31.4 Å². The summed E-state index contributed by atoms with van der Waals surface area (Å²) in [5.74, 6) is 0.972. The lowest BCUT2D eigenvalue weighted by Gasteiger charge is -2.17. The third kappa shape index (κ3) is 4.55. The van der Waals surface area contributed by atoms with Crippen molar-refractivity contribution in [1.29, 1.82) is 0 Å². The summed E-state index contributed by atoms with van der Waals surface area (Å²) in [6.45, 7) is 5.89. The molecule has 0 bridgehead atoms. The molecule has 0 aliphatic heterocycles. The van der Waals surface area contributed by atoms with E-state index < -0.39 is 0 Å². The Bertz CT molecular complexity index is 697. The highest BCUT2D eigenvalue weighted by atomic mass is 32.1. The fraction of sp³-hybridized carbons (Fsp3) is 0.444. The maximum Gasteiger partial charge on any atom is 0.263 e. The molecule has 2 aromatic rings. The molecule has 1 amide bonds. The SMILES string of the molecule is COc1cccc(-c2nc(C)c(C(=O)N[C@@H](CO)CC(C)C)s2)c1. The van der Waals surface area contributed by atoms with E-state index in [0.717, 1.165) is 22.7 Å². The zero-order valence-corrected chi connectivity index (χ0v) is 15.3. The number of aromatic nitrogens is 1. The van der Waals surface area contributed by atoms with Crippen molar-refractivity contribution in [3.8, 4) is 16.3 Å². The monoisotopic (exact) mass is 348 g/mol. The molecule has 6 heteroatoms.